The lowest BCUT2D eigenvalue weighted by Gasteiger charge is -1.96. The first-order valence-electron chi connectivity index (χ1n) is 5.46. The molecule has 16 heavy (non-hydrogen) atoms. The molecule has 1 aliphatic rings. The average molecular weight is 218 g/mol. The van der Waals surface area contributed by atoms with E-state index >= 15 is 0 Å². The smallest absolute Gasteiger partial charge is 0.176 e. The van der Waals surface area contributed by atoms with Gasteiger partial charge in [0.1, 0.15) is 0 Å². The highest BCUT2D eigenvalue weighted by molar-refractivity contribution is 5.18. The zero-order chi connectivity index (χ0) is 11.0. The van der Waals surface area contributed by atoms with Crippen molar-refractivity contribution in [1.82, 2.24) is 30.1 Å². The molecule has 0 unspecified atom stereocenters. The normalized spacial score (nSPS) is 15.6. The molecular formula is C10H14N6. The third kappa shape index (κ3) is 1.96. The van der Waals surface area contributed by atoms with Crippen LogP contribution in [-0.2, 0) is 13.6 Å². The van der Waals surface area contributed by atoms with Gasteiger partial charge < -0.3 is 5.32 Å². The Balaban J connectivity index is 1.71. The molecule has 0 aliphatic heterocycles. The van der Waals surface area contributed by atoms with Gasteiger partial charge in [-0.05, 0) is 12.8 Å². The Labute approximate surface area is 93.3 Å². The molecule has 0 aromatic carbocycles. The molecule has 1 fully saturated rings. The molecule has 2 heterocycles. The minimum Gasteiger partial charge on any atom is -0.308 e. The number of nitrogens with zero attached hydrogens (tertiary/aromatic N) is 5. The second kappa shape index (κ2) is 3.71. The van der Waals surface area contributed by atoms with Crippen LogP contribution in [0.25, 0.3) is 5.82 Å². The van der Waals surface area contributed by atoms with Crippen LogP contribution in [0.3, 0.4) is 0 Å². The molecule has 1 saturated carbocycles. The van der Waals surface area contributed by atoms with Gasteiger partial charge in [-0.2, -0.15) is 5.10 Å². The lowest BCUT2D eigenvalue weighted by molar-refractivity contribution is 0.670. The van der Waals surface area contributed by atoms with Crippen molar-refractivity contribution in [3.8, 4) is 5.82 Å². The number of hydrogen-bond donors (Lipinski definition) is 1. The van der Waals surface area contributed by atoms with Crippen molar-refractivity contribution in [3.05, 3.63) is 24.2 Å². The molecule has 84 valence electrons. The van der Waals surface area contributed by atoms with Gasteiger partial charge in [0.05, 0.1) is 11.9 Å². The number of aryl methyl sites for hydroxylation is 1. The van der Waals surface area contributed by atoms with Crippen molar-refractivity contribution in [2.24, 2.45) is 7.05 Å². The van der Waals surface area contributed by atoms with Gasteiger partial charge in [-0.25, -0.2) is 4.68 Å². The standard InChI is InChI=1S/C10H14N6/c1-15-5-4-10(13-15)16-7-9(12-14-16)6-11-8-2-3-8/h4-5,7-8,11H,2-3,6H2,1H3. The Hall–Kier alpha value is -1.69. The molecule has 6 nitrogen and oxygen atoms in total. The van der Waals surface area contributed by atoms with E-state index in [-0.39, 0.29) is 0 Å². The highest BCUT2D eigenvalue weighted by atomic mass is 15.5. The van der Waals surface area contributed by atoms with Crippen LogP contribution in [0.4, 0.5) is 0 Å². The van der Waals surface area contributed by atoms with Crippen LogP contribution < -0.4 is 5.32 Å². The third-order valence-corrected chi connectivity index (χ3v) is 2.62. The summed E-state index contributed by atoms with van der Waals surface area (Å²) >= 11 is 0. The van der Waals surface area contributed by atoms with Crippen molar-refractivity contribution < 1.29 is 0 Å². The summed E-state index contributed by atoms with van der Waals surface area (Å²) in [5.74, 6) is 0.799. The molecule has 0 bridgehead atoms. The Morgan fingerprint density at radius 2 is 2.38 bits per heavy atom. The maximum absolute atomic E-state index is 4.26. The van der Waals surface area contributed by atoms with Gasteiger partial charge >= 0.3 is 0 Å². The number of rotatable bonds is 4. The highest BCUT2D eigenvalue weighted by Crippen LogP contribution is 2.18. The first-order valence-corrected chi connectivity index (χ1v) is 5.46. The van der Waals surface area contributed by atoms with E-state index in [0.717, 1.165) is 18.1 Å². The Kier molecular flexibility index (Phi) is 2.21. The van der Waals surface area contributed by atoms with Gasteiger partial charge in [-0.3, -0.25) is 4.68 Å². The summed E-state index contributed by atoms with van der Waals surface area (Å²) in [5, 5.41) is 15.8. The summed E-state index contributed by atoms with van der Waals surface area (Å²) in [6.45, 7) is 0.789. The van der Waals surface area contributed by atoms with Crippen LogP contribution in [0.2, 0.25) is 0 Å². The minimum atomic E-state index is 0.694. The molecule has 0 radical (unpaired) electrons. The number of nitrogens with one attached hydrogen (secondary N) is 1. The van der Waals surface area contributed by atoms with E-state index in [0.29, 0.717) is 6.04 Å². The minimum absolute atomic E-state index is 0.694. The monoisotopic (exact) mass is 218 g/mol. The van der Waals surface area contributed by atoms with E-state index in [9.17, 15) is 0 Å². The SMILES string of the molecule is Cn1ccc(-n2cc(CNC3CC3)nn2)n1. The second-order valence-corrected chi connectivity index (χ2v) is 4.16. The topological polar surface area (TPSA) is 60.6 Å². The molecule has 0 amide bonds. The summed E-state index contributed by atoms with van der Waals surface area (Å²) in [6, 6.07) is 2.60. The summed E-state index contributed by atoms with van der Waals surface area (Å²) in [5.41, 5.74) is 0.956. The predicted molar refractivity (Wildman–Crippen MR) is 58.0 cm³/mol. The Bertz CT molecular complexity index is 481. The van der Waals surface area contributed by atoms with Gasteiger partial charge in [0, 0.05) is 31.9 Å². The number of hydrogen-bond acceptors (Lipinski definition) is 4. The summed E-state index contributed by atoms with van der Waals surface area (Å²) < 4.78 is 3.45. The van der Waals surface area contributed by atoms with Crippen LogP contribution in [-0.4, -0.2) is 30.8 Å². The van der Waals surface area contributed by atoms with Crippen molar-refractivity contribution in [1.29, 1.82) is 0 Å². The van der Waals surface area contributed by atoms with Gasteiger partial charge in [0.25, 0.3) is 0 Å². The molecular weight excluding hydrogens is 204 g/mol. The van der Waals surface area contributed by atoms with Crippen LogP contribution in [0.1, 0.15) is 18.5 Å². The van der Waals surface area contributed by atoms with Crippen molar-refractivity contribution >= 4 is 0 Å². The zero-order valence-electron chi connectivity index (χ0n) is 9.17. The van der Waals surface area contributed by atoms with E-state index in [1.54, 1.807) is 9.36 Å². The van der Waals surface area contributed by atoms with E-state index in [2.05, 4.69) is 20.7 Å². The maximum atomic E-state index is 4.26. The Morgan fingerprint density at radius 1 is 1.50 bits per heavy atom. The molecule has 0 atom stereocenters. The van der Waals surface area contributed by atoms with Crippen LogP contribution in [0.15, 0.2) is 18.5 Å². The Morgan fingerprint density at radius 3 is 3.06 bits per heavy atom. The van der Waals surface area contributed by atoms with E-state index < -0.39 is 0 Å². The molecule has 2 aromatic heterocycles. The second-order valence-electron chi connectivity index (χ2n) is 4.16. The average Bonchev–Trinajstić information content (AvgIpc) is 2.81. The number of aromatic nitrogens is 5. The van der Waals surface area contributed by atoms with Gasteiger partial charge in [-0.1, -0.05) is 5.21 Å². The van der Waals surface area contributed by atoms with Gasteiger partial charge in [-0.15, -0.1) is 5.10 Å². The van der Waals surface area contributed by atoms with Crippen molar-refractivity contribution in [2.75, 3.05) is 0 Å². The quantitative estimate of drug-likeness (QED) is 0.799. The highest BCUT2D eigenvalue weighted by Gasteiger charge is 2.20. The molecule has 1 N–H and O–H groups in total. The summed E-state index contributed by atoms with van der Waals surface area (Å²) in [7, 11) is 1.88. The molecule has 2 aromatic rings. The fraction of sp³-hybridized carbons (Fsp3) is 0.500. The largest absolute Gasteiger partial charge is 0.308 e. The third-order valence-electron chi connectivity index (χ3n) is 2.62. The molecule has 0 saturated heterocycles. The zero-order valence-corrected chi connectivity index (χ0v) is 9.17. The molecule has 0 spiro atoms. The van der Waals surface area contributed by atoms with Crippen LogP contribution in [0, 0.1) is 0 Å². The fourth-order valence-electron chi connectivity index (χ4n) is 1.55. The first-order chi connectivity index (χ1) is 7.81. The van der Waals surface area contributed by atoms with Crippen LogP contribution >= 0.6 is 0 Å². The van der Waals surface area contributed by atoms with E-state index in [4.69, 9.17) is 0 Å². The predicted octanol–water partition coefficient (Wildman–Crippen LogP) is 0.253. The van der Waals surface area contributed by atoms with Gasteiger partial charge in [0.2, 0.25) is 0 Å². The molecule has 3 rings (SSSR count). The van der Waals surface area contributed by atoms with Crippen molar-refractivity contribution in [3.63, 3.8) is 0 Å². The lowest BCUT2D eigenvalue weighted by atomic mass is 10.4. The van der Waals surface area contributed by atoms with E-state index in [1.807, 2.05) is 25.5 Å². The van der Waals surface area contributed by atoms with E-state index in [1.165, 1.54) is 12.8 Å². The lowest BCUT2D eigenvalue weighted by Crippen LogP contribution is -2.15. The van der Waals surface area contributed by atoms with Crippen LogP contribution in [0.5, 0.6) is 0 Å². The fourth-order valence-corrected chi connectivity index (χ4v) is 1.55. The summed E-state index contributed by atoms with van der Waals surface area (Å²) in [6.07, 6.45) is 6.37. The first kappa shape index (κ1) is 9.53. The maximum Gasteiger partial charge on any atom is 0.176 e. The van der Waals surface area contributed by atoms with Crippen molar-refractivity contribution in [2.45, 2.75) is 25.4 Å². The molecule has 6 heteroatoms. The molecule has 1 aliphatic carbocycles. The van der Waals surface area contributed by atoms with Gasteiger partial charge in [0.15, 0.2) is 5.82 Å². The summed E-state index contributed by atoms with van der Waals surface area (Å²) in [4.78, 5) is 0.